The average molecular weight is 439 g/mol. The molecule has 2 amide bonds. The largest absolute Gasteiger partial charge is 0.507 e. The summed E-state index contributed by atoms with van der Waals surface area (Å²) in [7, 11) is 0. The maximum Gasteiger partial charge on any atom is 0.271 e. The molecule has 0 fully saturated rings. The van der Waals surface area contributed by atoms with Gasteiger partial charge in [-0.15, -0.1) is 0 Å². The fraction of sp³-hybridized carbons (Fsp3) is 0. The molecule has 0 saturated carbocycles. The first-order valence-electron chi connectivity index (χ1n) is 8.82. The lowest BCUT2D eigenvalue weighted by atomic mass is 10.1. The molecule has 3 aromatic carbocycles. The second kappa shape index (κ2) is 9.51. The van der Waals surface area contributed by atoms with Gasteiger partial charge < -0.3 is 10.4 Å². The molecule has 0 aromatic heterocycles. The number of nitrogens with zero attached hydrogens (tertiary/aromatic N) is 2. The van der Waals surface area contributed by atoms with E-state index in [-0.39, 0.29) is 28.5 Å². The van der Waals surface area contributed by atoms with E-state index in [9.17, 15) is 24.8 Å². The molecule has 0 atom stereocenters. The zero-order chi connectivity index (χ0) is 22.4. The number of amides is 2. The number of hydrogen-bond donors (Lipinski definition) is 3. The first-order valence-corrected chi connectivity index (χ1v) is 9.19. The number of carbonyl (C=O) groups excluding carboxylic acids is 2. The van der Waals surface area contributed by atoms with Crippen molar-refractivity contribution in [2.24, 2.45) is 5.10 Å². The molecular weight excluding hydrogens is 424 g/mol. The molecular formula is C21H15ClN4O5. The van der Waals surface area contributed by atoms with Crippen LogP contribution in [0.2, 0.25) is 5.02 Å². The van der Waals surface area contributed by atoms with Gasteiger partial charge in [0.25, 0.3) is 17.5 Å². The number of nitro benzene ring substituents is 1. The van der Waals surface area contributed by atoms with Gasteiger partial charge in [-0.3, -0.25) is 19.7 Å². The highest BCUT2D eigenvalue weighted by Gasteiger charge is 2.11. The number of anilines is 1. The SMILES string of the molecule is O=C(N/N=C/c1cc([N+](=O)[O-])ccc1O)c1ccc(NC(=O)c2ccccc2Cl)cc1. The van der Waals surface area contributed by atoms with Crippen LogP contribution in [0.25, 0.3) is 0 Å². The third-order valence-electron chi connectivity index (χ3n) is 4.12. The number of halogens is 1. The summed E-state index contributed by atoms with van der Waals surface area (Å²) in [4.78, 5) is 34.7. The lowest BCUT2D eigenvalue weighted by Gasteiger charge is -2.07. The van der Waals surface area contributed by atoms with Crippen molar-refractivity contribution in [3.63, 3.8) is 0 Å². The first-order chi connectivity index (χ1) is 14.8. The van der Waals surface area contributed by atoms with Gasteiger partial charge in [-0.05, 0) is 42.5 Å². The van der Waals surface area contributed by atoms with Crippen LogP contribution in [0.1, 0.15) is 26.3 Å². The van der Waals surface area contributed by atoms with Crippen molar-refractivity contribution in [1.29, 1.82) is 0 Å². The van der Waals surface area contributed by atoms with Crippen molar-refractivity contribution in [2.45, 2.75) is 0 Å². The van der Waals surface area contributed by atoms with Crippen LogP contribution in [-0.4, -0.2) is 28.1 Å². The minimum absolute atomic E-state index is 0.0760. The van der Waals surface area contributed by atoms with Crippen molar-refractivity contribution in [3.8, 4) is 5.75 Å². The summed E-state index contributed by atoms with van der Waals surface area (Å²) in [5.41, 5.74) is 3.16. The number of carbonyl (C=O) groups is 2. The van der Waals surface area contributed by atoms with Crippen LogP contribution in [0.3, 0.4) is 0 Å². The smallest absolute Gasteiger partial charge is 0.271 e. The molecule has 0 unspecified atom stereocenters. The van der Waals surface area contributed by atoms with Crippen LogP contribution in [0.15, 0.2) is 71.8 Å². The maximum absolute atomic E-state index is 12.3. The Kier molecular flexibility index (Phi) is 6.58. The Morgan fingerprint density at radius 3 is 2.42 bits per heavy atom. The molecule has 156 valence electrons. The normalized spacial score (nSPS) is 10.6. The van der Waals surface area contributed by atoms with Crippen molar-refractivity contribution >= 4 is 41.0 Å². The molecule has 0 aliphatic heterocycles. The molecule has 0 heterocycles. The summed E-state index contributed by atoms with van der Waals surface area (Å²) >= 11 is 6.00. The predicted octanol–water partition coefficient (Wildman–Crippen LogP) is 3.97. The monoisotopic (exact) mass is 438 g/mol. The van der Waals surface area contributed by atoms with Crippen molar-refractivity contribution < 1.29 is 19.6 Å². The molecule has 0 spiro atoms. The number of hydrazone groups is 1. The minimum atomic E-state index is -0.610. The molecule has 10 heteroatoms. The summed E-state index contributed by atoms with van der Waals surface area (Å²) < 4.78 is 0. The van der Waals surface area contributed by atoms with Gasteiger partial charge in [0.05, 0.1) is 21.7 Å². The fourth-order valence-corrected chi connectivity index (χ4v) is 2.75. The summed E-state index contributed by atoms with van der Waals surface area (Å²) in [6.07, 6.45) is 1.10. The number of phenols is 1. The Bertz CT molecular complexity index is 1180. The maximum atomic E-state index is 12.3. The molecule has 3 rings (SSSR count). The number of nitro groups is 1. The third-order valence-corrected chi connectivity index (χ3v) is 4.44. The van der Waals surface area contributed by atoms with Crippen LogP contribution in [-0.2, 0) is 0 Å². The predicted molar refractivity (Wildman–Crippen MR) is 116 cm³/mol. The van der Waals surface area contributed by atoms with Gasteiger partial charge in [0.1, 0.15) is 5.75 Å². The van der Waals surface area contributed by atoms with Crippen LogP contribution >= 0.6 is 11.6 Å². The number of rotatable bonds is 6. The Balaban J connectivity index is 1.62. The van der Waals surface area contributed by atoms with Gasteiger partial charge in [0.2, 0.25) is 0 Å². The van der Waals surface area contributed by atoms with Crippen LogP contribution in [0.4, 0.5) is 11.4 Å². The van der Waals surface area contributed by atoms with Gasteiger partial charge in [0.15, 0.2) is 0 Å². The standard InChI is InChI=1S/C21H15ClN4O5/c22-18-4-2-1-3-17(18)21(29)24-15-7-5-13(6-8-15)20(28)25-23-12-14-11-16(26(30)31)9-10-19(14)27/h1-12,27H,(H,24,29)(H,25,28)/b23-12+. The van der Waals surface area contributed by atoms with E-state index in [0.29, 0.717) is 16.3 Å². The molecule has 31 heavy (non-hydrogen) atoms. The topological polar surface area (TPSA) is 134 Å². The van der Waals surface area contributed by atoms with E-state index in [2.05, 4.69) is 15.8 Å². The van der Waals surface area contributed by atoms with E-state index >= 15 is 0 Å². The number of non-ortho nitro benzene ring substituents is 1. The molecule has 3 N–H and O–H groups in total. The van der Waals surface area contributed by atoms with Crippen molar-refractivity contribution in [1.82, 2.24) is 5.43 Å². The van der Waals surface area contributed by atoms with E-state index in [0.717, 1.165) is 24.4 Å². The van der Waals surface area contributed by atoms with Gasteiger partial charge >= 0.3 is 0 Å². The highest BCUT2D eigenvalue weighted by molar-refractivity contribution is 6.34. The Hall–Kier alpha value is -4.24. The Morgan fingerprint density at radius 1 is 1.03 bits per heavy atom. The lowest BCUT2D eigenvalue weighted by molar-refractivity contribution is -0.384. The zero-order valence-corrected chi connectivity index (χ0v) is 16.5. The van der Waals surface area contributed by atoms with Crippen LogP contribution in [0.5, 0.6) is 5.75 Å². The van der Waals surface area contributed by atoms with Crippen molar-refractivity contribution in [2.75, 3.05) is 5.32 Å². The summed E-state index contributed by atoms with van der Waals surface area (Å²) in [6, 6.07) is 16.1. The molecule has 9 nitrogen and oxygen atoms in total. The quantitative estimate of drug-likeness (QED) is 0.304. The van der Waals surface area contributed by atoms with E-state index in [1.165, 1.54) is 12.1 Å². The summed E-state index contributed by atoms with van der Waals surface area (Å²) in [6.45, 7) is 0. The van der Waals surface area contributed by atoms with E-state index in [4.69, 9.17) is 11.6 Å². The third kappa shape index (κ3) is 5.43. The molecule has 0 saturated heterocycles. The van der Waals surface area contributed by atoms with Gasteiger partial charge in [-0.1, -0.05) is 23.7 Å². The second-order valence-electron chi connectivity index (χ2n) is 6.21. The average Bonchev–Trinajstić information content (AvgIpc) is 2.75. The van der Waals surface area contributed by atoms with E-state index < -0.39 is 10.8 Å². The molecule has 0 radical (unpaired) electrons. The number of hydrogen-bond acceptors (Lipinski definition) is 6. The number of phenolic OH excluding ortho intramolecular Hbond substituents is 1. The molecule has 0 bridgehead atoms. The molecule has 0 aliphatic rings. The highest BCUT2D eigenvalue weighted by atomic mass is 35.5. The van der Waals surface area contributed by atoms with Gasteiger partial charge in [-0.2, -0.15) is 5.10 Å². The Morgan fingerprint density at radius 2 is 1.74 bits per heavy atom. The lowest BCUT2D eigenvalue weighted by Crippen LogP contribution is -2.18. The number of nitrogens with one attached hydrogen (secondary N) is 2. The number of aromatic hydroxyl groups is 1. The van der Waals surface area contributed by atoms with E-state index in [1.54, 1.807) is 36.4 Å². The van der Waals surface area contributed by atoms with Crippen LogP contribution in [0, 0.1) is 10.1 Å². The van der Waals surface area contributed by atoms with E-state index in [1.807, 2.05) is 0 Å². The molecule has 0 aliphatic carbocycles. The first kappa shape index (κ1) is 21.5. The number of benzene rings is 3. The second-order valence-corrected chi connectivity index (χ2v) is 6.62. The Labute approximate surface area is 181 Å². The molecule has 3 aromatic rings. The fourth-order valence-electron chi connectivity index (χ4n) is 2.53. The van der Waals surface area contributed by atoms with Crippen molar-refractivity contribution in [3.05, 3.63) is 98.6 Å². The minimum Gasteiger partial charge on any atom is -0.507 e. The summed E-state index contributed by atoms with van der Waals surface area (Å²) in [5.74, 6) is -1.16. The van der Waals surface area contributed by atoms with Crippen LogP contribution < -0.4 is 10.7 Å². The van der Waals surface area contributed by atoms with Gasteiger partial charge in [0, 0.05) is 28.9 Å². The zero-order valence-electron chi connectivity index (χ0n) is 15.8. The van der Waals surface area contributed by atoms with Gasteiger partial charge in [-0.25, -0.2) is 5.43 Å². The summed E-state index contributed by atoms with van der Waals surface area (Å²) in [5, 5.41) is 27.2. The highest BCUT2D eigenvalue weighted by Crippen LogP contribution is 2.21.